The highest BCUT2D eigenvalue weighted by Crippen LogP contribution is 2.29. The van der Waals surface area contributed by atoms with E-state index in [4.69, 9.17) is 14.2 Å². The van der Waals surface area contributed by atoms with Gasteiger partial charge in [0.15, 0.2) is 11.5 Å². The van der Waals surface area contributed by atoms with E-state index in [0.717, 1.165) is 11.1 Å². The van der Waals surface area contributed by atoms with Crippen LogP contribution in [-0.2, 0) is 14.4 Å². The van der Waals surface area contributed by atoms with E-state index in [9.17, 15) is 14.4 Å². The summed E-state index contributed by atoms with van der Waals surface area (Å²) in [7, 11) is 0. The number of carbonyl (C=O) groups is 3. The number of ether oxygens (including phenoxy) is 3. The highest BCUT2D eigenvalue weighted by molar-refractivity contribution is 5.76. The van der Waals surface area contributed by atoms with Crippen LogP contribution in [-0.4, -0.2) is 17.9 Å². The molecule has 6 nitrogen and oxygen atoms in total. The molecule has 2 aromatic carbocycles. The van der Waals surface area contributed by atoms with Crippen LogP contribution in [0.4, 0.5) is 0 Å². The molecule has 0 saturated carbocycles. The molecule has 0 aliphatic carbocycles. The van der Waals surface area contributed by atoms with Gasteiger partial charge < -0.3 is 14.2 Å². The van der Waals surface area contributed by atoms with Crippen molar-refractivity contribution in [2.45, 2.75) is 20.8 Å². The second kappa shape index (κ2) is 8.62. The molecular weight excluding hydrogens is 336 g/mol. The minimum Gasteiger partial charge on any atom is -0.427 e. The van der Waals surface area contributed by atoms with Crippen LogP contribution in [0.2, 0.25) is 0 Å². The highest BCUT2D eigenvalue weighted by Gasteiger charge is 2.10. The molecule has 134 valence electrons. The molecule has 26 heavy (non-hydrogen) atoms. The fourth-order valence-corrected chi connectivity index (χ4v) is 2.14. The molecule has 0 radical (unpaired) electrons. The Balaban J connectivity index is 2.25. The second-order valence-electron chi connectivity index (χ2n) is 5.39. The lowest BCUT2D eigenvalue weighted by Gasteiger charge is -2.09. The lowest BCUT2D eigenvalue weighted by molar-refractivity contribution is -0.134. The van der Waals surface area contributed by atoms with Gasteiger partial charge in [0.25, 0.3) is 0 Å². The van der Waals surface area contributed by atoms with Crippen molar-refractivity contribution in [2.75, 3.05) is 0 Å². The Labute approximate surface area is 151 Å². The van der Waals surface area contributed by atoms with Gasteiger partial charge in [-0.25, -0.2) is 0 Å². The molecule has 0 atom stereocenters. The molecule has 0 spiro atoms. The van der Waals surface area contributed by atoms with Crippen molar-refractivity contribution >= 4 is 30.1 Å². The van der Waals surface area contributed by atoms with E-state index in [1.165, 1.54) is 20.8 Å². The summed E-state index contributed by atoms with van der Waals surface area (Å²) in [5.74, 6) is -0.647. The van der Waals surface area contributed by atoms with Crippen molar-refractivity contribution in [3.05, 3.63) is 53.6 Å². The maximum atomic E-state index is 11.2. The number of carbonyl (C=O) groups excluding carboxylic acids is 3. The summed E-state index contributed by atoms with van der Waals surface area (Å²) < 4.78 is 15.2. The largest absolute Gasteiger partial charge is 0.427 e. The van der Waals surface area contributed by atoms with Gasteiger partial charge >= 0.3 is 17.9 Å². The normalized spacial score (nSPS) is 10.4. The first-order valence-electron chi connectivity index (χ1n) is 7.81. The average molecular weight is 354 g/mol. The Hall–Kier alpha value is -3.41. The fourth-order valence-electron chi connectivity index (χ4n) is 2.14. The summed E-state index contributed by atoms with van der Waals surface area (Å²) in [4.78, 5) is 33.4. The van der Waals surface area contributed by atoms with Gasteiger partial charge in [-0.2, -0.15) is 0 Å². The first kappa shape index (κ1) is 18.9. The van der Waals surface area contributed by atoms with Crippen LogP contribution in [0, 0.1) is 0 Å². The molecule has 0 bridgehead atoms. The Morgan fingerprint density at radius 3 is 1.88 bits per heavy atom. The molecular formula is C20H18O6. The van der Waals surface area contributed by atoms with Crippen LogP contribution in [0.25, 0.3) is 12.2 Å². The highest BCUT2D eigenvalue weighted by atomic mass is 16.6. The zero-order valence-corrected chi connectivity index (χ0v) is 14.6. The molecule has 0 saturated heterocycles. The van der Waals surface area contributed by atoms with Gasteiger partial charge in [-0.15, -0.1) is 0 Å². The van der Waals surface area contributed by atoms with E-state index in [0.29, 0.717) is 5.75 Å². The maximum Gasteiger partial charge on any atom is 0.308 e. The van der Waals surface area contributed by atoms with Gasteiger partial charge in [-0.3, -0.25) is 14.4 Å². The van der Waals surface area contributed by atoms with Crippen molar-refractivity contribution in [3.63, 3.8) is 0 Å². The lowest BCUT2D eigenvalue weighted by Crippen LogP contribution is -2.07. The van der Waals surface area contributed by atoms with Crippen molar-refractivity contribution in [1.82, 2.24) is 0 Å². The standard InChI is InChI=1S/C20H18O6/c1-13(21)24-18-6-4-5-16(11-18)7-8-17-9-10-19(25-14(2)22)20(12-17)26-15(3)23/h4-12H,1-3H3. The SMILES string of the molecule is CC(=O)Oc1cccc(C=Cc2ccc(OC(C)=O)c(OC(C)=O)c2)c1. The molecule has 0 unspecified atom stereocenters. The van der Waals surface area contributed by atoms with Crippen molar-refractivity contribution < 1.29 is 28.6 Å². The van der Waals surface area contributed by atoms with Gasteiger partial charge in [-0.1, -0.05) is 30.4 Å². The maximum absolute atomic E-state index is 11.2. The van der Waals surface area contributed by atoms with E-state index in [1.54, 1.807) is 42.5 Å². The first-order valence-corrected chi connectivity index (χ1v) is 7.81. The Bertz CT molecular complexity index is 866. The van der Waals surface area contributed by atoms with Crippen LogP contribution >= 0.6 is 0 Å². The summed E-state index contributed by atoms with van der Waals surface area (Å²) >= 11 is 0. The number of hydrogen-bond acceptors (Lipinski definition) is 6. The molecule has 2 aromatic rings. The predicted octanol–water partition coefficient (Wildman–Crippen LogP) is 3.63. The lowest BCUT2D eigenvalue weighted by atomic mass is 10.1. The van der Waals surface area contributed by atoms with E-state index < -0.39 is 17.9 Å². The summed E-state index contributed by atoms with van der Waals surface area (Å²) in [6.07, 6.45) is 3.60. The van der Waals surface area contributed by atoms with Crippen molar-refractivity contribution in [1.29, 1.82) is 0 Å². The first-order chi connectivity index (χ1) is 12.3. The monoisotopic (exact) mass is 354 g/mol. The van der Waals surface area contributed by atoms with Gasteiger partial charge in [0.2, 0.25) is 0 Å². The summed E-state index contributed by atoms with van der Waals surface area (Å²) in [5, 5.41) is 0. The fraction of sp³-hybridized carbons (Fsp3) is 0.150. The topological polar surface area (TPSA) is 78.9 Å². The van der Waals surface area contributed by atoms with Gasteiger partial charge in [-0.05, 0) is 35.4 Å². The van der Waals surface area contributed by atoms with E-state index >= 15 is 0 Å². The second-order valence-corrected chi connectivity index (χ2v) is 5.39. The average Bonchev–Trinajstić information content (AvgIpc) is 2.54. The number of rotatable bonds is 5. The van der Waals surface area contributed by atoms with E-state index in [1.807, 2.05) is 12.1 Å². The number of hydrogen-bond donors (Lipinski definition) is 0. The Morgan fingerprint density at radius 2 is 1.27 bits per heavy atom. The molecule has 0 heterocycles. The zero-order valence-electron chi connectivity index (χ0n) is 14.6. The quantitative estimate of drug-likeness (QED) is 0.463. The summed E-state index contributed by atoms with van der Waals surface area (Å²) in [6, 6.07) is 11.9. The molecule has 0 fully saturated rings. The third-order valence-corrected chi connectivity index (χ3v) is 3.06. The van der Waals surface area contributed by atoms with Crippen LogP contribution in [0.15, 0.2) is 42.5 Å². The van der Waals surface area contributed by atoms with Crippen molar-refractivity contribution in [2.24, 2.45) is 0 Å². The molecule has 0 N–H and O–H groups in total. The van der Waals surface area contributed by atoms with Crippen LogP contribution in [0.3, 0.4) is 0 Å². The van der Waals surface area contributed by atoms with Crippen LogP contribution < -0.4 is 14.2 Å². The minimum atomic E-state index is -0.520. The summed E-state index contributed by atoms with van der Waals surface area (Å²) in [6.45, 7) is 3.87. The van der Waals surface area contributed by atoms with Crippen LogP contribution in [0.1, 0.15) is 31.9 Å². The Kier molecular flexibility index (Phi) is 6.27. The number of benzene rings is 2. The molecule has 0 aromatic heterocycles. The molecule has 0 amide bonds. The summed E-state index contributed by atoms with van der Waals surface area (Å²) in [5.41, 5.74) is 1.55. The van der Waals surface area contributed by atoms with Gasteiger partial charge in [0, 0.05) is 20.8 Å². The molecule has 6 heteroatoms. The third-order valence-electron chi connectivity index (χ3n) is 3.06. The van der Waals surface area contributed by atoms with E-state index in [2.05, 4.69) is 0 Å². The molecule has 2 rings (SSSR count). The number of esters is 3. The minimum absolute atomic E-state index is 0.156. The molecule has 0 aliphatic rings. The molecule has 0 aliphatic heterocycles. The van der Waals surface area contributed by atoms with Crippen LogP contribution in [0.5, 0.6) is 17.2 Å². The third kappa shape index (κ3) is 5.90. The smallest absolute Gasteiger partial charge is 0.308 e. The predicted molar refractivity (Wildman–Crippen MR) is 95.7 cm³/mol. The zero-order chi connectivity index (χ0) is 19.1. The van der Waals surface area contributed by atoms with Gasteiger partial charge in [0.05, 0.1) is 0 Å². The van der Waals surface area contributed by atoms with E-state index in [-0.39, 0.29) is 11.5 Å². The van der Waals surface area contributed by atoms with Gasteiger partial charge in [0.1, 0.15) is 5.75 Å². The Morgan fingerprint density at radius 1 is 0.692 bits per heavy atom. The van der Waals surface area contributed by atoms with Crippen molar-refractivity contribution in [3.8, 4) is 17.2 Å².